The van der Waals surface area contributed by atoms with Gasteiger partial charge in [-0.05, 0) is 113 Å². The number of hydrogen-bond donors (Lipinski definition) is 7. The van der Waals surface area contributed by atoms with Crippen molar-refractivity contribution in [1.29, 1.82) is 0 Å². The van der Waals surface area contributed by atoms with Crippen LogP contribution < -0.4 is 0 Å². The second-order valence-electron chi connectivity index (χ2n) is 22.2. The van der Waals surface area contributed by atoms with Crippen molar-refractivity contribution in [1.82, 2.24) is 4.90 Å². The van der Waals surface area contributed by atoms with E-state index in [4.69, 9.17) is 23.7 Å². The van der Waals surface area contributed by atoms with Gasteiger partial charge in [-0.25, -0.2) is 4.79 Å². The Morgan fingerprint density at radius 2 is 1.52 bits per heavy atom. The van der Waals surface area contributed by atoms with Crippen LogP contribution in [0.5, 0.6) is 0 Å². The van der Waals surface area contributed by atoms with E-state index >= 15 is 0 Å². The predicted molar refractivity (Wildman–Crippen MR) is 278 cm³/mol. The maximum absolute atomic E-state index is 14.5. The molecule has 0 radical (unpaired) electrons. The summed E-state index contributed by atoms with van der Waals surface area (Å²) in [6.07, 6.45) is 2.33. The van der Waals surface area contributed by atoms with Crippen molar-refractivity contribution < 1.29 is 83.4 Å². The van der Waals surface area contributed by atoms with E-state index in [1.807, 2.05) is 26.0 Å². The number of ether oxygens (including phenoxy) is 5. The van der Waals surface area contributed by atoms with Gasteiger partial charge in [0, 0.05) is 51.4 Å². The Morgan fingerprint density at radius 3 is 2.19 bits per heavy atom. The maximum atomic E-state index is 14.5. The van der Waals surface area contributed by atoms with Crippen LogP contribution in [-0.2, 0) is 47.7 Å². The van der Waals surface area contributed by atoms with E-state index in [-0.39, 0.29) is 68.2 Å². The summed E-state index contributed by atoms with van der Waals surface area (Å²) in [5.74, 6) is -8.98. The summed E-state index contributed by atoms with van der Waals surface area (Å²) in [6, 6.07) is -1.23. The highest BCUT2D eigenvalue weighted by Crippen LogP contribution is 2.38. The Morgan fingerprint density at radius 1 is 0.827 bits per heavy atom. The highest BCUT2D eigenvalue weighted by atomic mass is 16.6. The number of nitrogens with zero attached hydrogens (tertiary/aromatic N) is 1. The molecule has 75 heavy (non-hydrogen) atoms. The molecule has 18 nitrogen and oxygen atoms in total. The minimum Gasteiger partial charge on any atom is -0.460 e. The molecule has 2 saturated heterocycles. The molecule has 7 N–H and O–H groups in total. The topological polar surface area (TPSA) is 276 Å². The van der Waals surface area contributed by atoms with E-state index in [1.54, 1.807) is 73.0 Å². The number of fused-ring (bicyclic) bond motifs is 3. The van der Waals surface area contributed by atoms with E-state index in [0.717, 1.165) is 4.90 Å². The Hall–Kier alpha value is -3.53. The minimum absolute atomic E-state index is 0.00699. The van der Waals surface area contributed by atoms with Crippen LogP contribution in [0.15, 0.2) is 47.6 Å². The molecule has 4 aliphatic rings. The third-order valence-corrected chi connectivity index (χ3v) is 16.2. The minimum atomic E-state index is -2.61. The van der Waals surface area contributed by atoms with Gasteiger partial charge in [0.15, 0.2) is 5.78 Å². The maximum Gasteiger partial charge on any atom is 0.329 e. The number of rotatable bonds is 12. The highest BCUT2D eigenvalue weighted by Gasteiger charge is 2.53. The second-order valence-corrected chi connectivity index (χ2v) is 22.2. The van der Waals surface area contributed by atoms with Crippen LogP contribution in [0.2, 0.25) is 0 Å². The lowest BCUT2D eigenvalue weighted by molar-refractivity contribution is -0.266. The molecule has 0 spiro atoms. The van der Waals surface area contributed by atoms with Crippen LogP contribution >= 0.6 is 0 Å². The van der Waals surface area contributed by atoms with Gasteiger partial charge in [0.05, 0.1) is 37.1 Å². The number of carbonyl (C=O) groups is 5. The van der Waals surface area contributed by atoms with E-state index in [2.05, 4.69) is 0 Å². The third kappa shape index (κ3) is 17.5. The lowest BCUT2D eigenvalue weighted by Crippen LogP contribution is -2.61. The molecule has 0 aromatic carbocycles. The van der Waals surface area contributed by atoms with Gasteiger partial charge in [0.25, 0.3) is 11.7 Å². The number of aliphatic hydroxyl groups excluding tert-OH is 6. The Bertz CT molecular complexity index is 2000. The number of carbonyl (C=O) groups excluding carboxylic acids is 5. The quantitative estimate of drug-likeness (QED) is 0.0810. The molecule has 1 amide bonds. The van der Waals surface area contributed by atoms with Crippen molar-refractivity contribution in [2.45, 2.75) is 218 Å². The normalized spacial score (nSPS) is 38.4. The first-order chi connectivity index (χ1) is 35.4. The average Bonchev–Trinajstić information content (AvgIpc) is 3.39. The summed E-state index contributed by atoms with van der Waals surface area (Å²) in [5, 5.41) is 76.2. The van der Waals surface area contributed by atoms with Gasteiger partial charge in [-0.3, -0.25) is 19.2 Å². The molecule has 426 valence electrons. The molecule has 3 heterocycles. The summed E-state index contributed by atoms with van der Waals surface area (Å²) in [6.45, 7) is 13.4. The zero-order chi connectivity index (χ0) is 55.9. The number of ketones is 3. The molecular weight excluding hydrogens is 971 g/mol. The van der Waals surface area contributed by atoms with Crippen LogP contribution in [0, 0.1) is 35.5 Å². The van der Waals surface area contributed by atoms with Gasteiger partial charge in [0.1, 0.15) is 48.4 Å². The van der Waals surface area contributed by atoms with Crippen LogP contribution in [-0.4, -0.2) is 176 Å². The number of methoxy groups -OCH3 is 2. The number of piperidine rings is 1. The molecular formula is C57H91NO17. The average molecular weight is 1060 g/mol. The van der Waals surface area contributed by atoms with Gasteiger partial charge in [-0.2, -0.15) is 0 Å². The van der Waals surface area contributed by atoms with E-state index in [9.17, 15) is 59.7 Å². The van der Waals surface area contributed by atoms with Crippen LogP contribution in [0.3, 0.4) is 0 Å². The van der Waals surface area contributed by atoms with E-state index in [1.165, 1.54) is 7.11 Å². The molecule has 0 aromatic heterocycles. The number of Topliss-reactive ketones (excluding diaryl/α,β-unsaturated/α-hetero) is 3. The van der Waals surface area contributed by atoms with Crippen molar-refractivity contribution >= 4 is 29.2 Å². The van der Waals surface area contributed by atoms with Crippen LogP contribution in [0.25, 0.3) is 0 Å². The zero-order valence-electron chi connectivity index (χ0n) is 46.1. The molecule has 19 atom stereocenters. The third-order valence-electron chi connectivity index (χ3n) is 16.2. The lowest BCUT2D eigenvalue weighted by atomic mass is 9.78. The summed E-state index contributed by atoms with van der Waals surface area (Å²) >= 11 is 0. The van der Waals surface area contributed by atoms with Gasteiger partial charge in [-0.15, -0.1) is 0 Å². The Kier molecular flexibility index (Phi) is 25.6. The number of aliphatic hydroxyl groups is 7. The number of amides is 1. The standard InChI is InChI=1S/C57H91NO17/c1-11-42(59)51(65)52(66)45(62)31-73-46-29-40-22-20-38(8)57(70,75-40)54(67)55(68)58-24-16-15-19-41(58)56(69)74-47(35(5)27-39-21-23-43(60)48(28-39)71-9)30-44(61)34(4)26-37(7)50(64)53(72-10)49(63)36(6)25-32(2)17-13-12-14-18-33(46)3/h12-14,17-18,26,32,34-36,38-43,45-48,50-53,59-60,62,64-66,70H,11,15-16,19-25,27-31H2,1-10H3/b14-12+,17-13+,33-18+,37-26+/t32-,34-,35-,36-,38-,39+,40+,41+,42?,43-,45?,46?,47+,48-,50-,51?,52?,53?,57-/m1/s1. The molecule has 0 aromatic rings. The van der Waals surface area contributed by atoms with Crippen molar-refractivity contribution in [3.05, 3.63) is 47.6 Å². The van der Waals surface area contributed by atoms with E-state index in [0.29, 0.717) is 62.5 Å². The molecule has 1 aliphatic carbocycles. The summed E-state index contributed by atoms with van der Waals surface area (Å²) in [7, 11) is 2.89. The van der Waals surface area contributed by atoms with Gasteiger partial charge in [-0.1, -0.05) is 78.0 Å². The Balaban J connectivity index is 1.73. The highest BCUT2D eigenvalue weighted by molar-refractivity contribution is 6.39. The van der Waals surface area contributed by atoms with E-state index < -0.39 is 121 Å². The number of cyclic esters (lactones) is 1. The van der Waals surface area contributed by atoms with Crippen molar-refractivity contribution in [3.8, 4) is 0 Å². The van der Waals surface area contributed by atoms with Gasteiger partial charge < -0.3 is 64.3 Å². The fraction of sp³-hybridized carbons (Fsp3) is 0.772. The molecule has 4 rings (SSSR count). The largest absolute Gasteiger partial charge is 0.460 e. The van der Waals surface area contributed by atoms with Crippen molar-refractivity contribution in [2.24, 2.45) is 35.5 Å². The lowest BCUT2D eigenvalue weighted by Gasteiger charge is -2.43. The molecule has 3 fully saturated rings. The zero-order valence-corrected chi connectivity index (χ0v) is 46.1. The SMILES string of the molecule is CCC(O)C(O)C(O)C(O)COC1C[C@@H]2CC[C@@H](C)[C@@](O)(O2)C(=O)C(=O)N2CCCC[C@H]2C(=O)O[C@H]([C@H](C)C[C@@H]2CC[C@@H](O)[C@H](OC)C2)CC(=O)[C@H](C)/C=C(\C)[C@@H](O)C(OC)C(=O)[C@H](C)C[C@H](C)/C=C/C=C/C=C/1C. The smallest absolute Gasteiger partial charge is 0.329 e. The molecule has 1 saturated carbocycles. The van der Waals surface area contributed by atoms with Crippen LogP contribution in [0.1, 0.15) is 139 Å². The number of esters is 1. The predicted octanol–water partition coefficient (Wildman–Crippen LogP) is 4.40. The molecule has 6 unspecified atom stereocenters. The van der Waals surface area contributed by atoms with Gasteiger partial charge >= 0.3 is 5.97 Å². The summed E-state index contributed by atoms with van der Waals surface area (Å²) in [4.78, 5) is 72.6. The second kappa shape index (κ2) is 30.0. The number of hydrogen-bond acceptors (Lipinski definition) is 17. The van der Waals surface area contributed by atoms with Gasteiger partial charge in [0.2, 0.25) is 5.79 Å². The first kappa shape index (κ1) is 64.0. The monoisotopic (exact) mass is 1060 g/mol. The van der Waals surface area contributed by atoms with Crippen molar-refractivity contribution in [2.75, 3.05) is 27.4 Å². The molecule has 3 aliphatic heterocycles. The Labute approximate surface area is 444 Å². The summed E-state index contributed by atoms with van der Waals surface area (Å²) in [5.41, 5.74) is 0.961. The first-order valence-electron chi connectivity index (χ1n) is 27.4. The van der Waals surface area contributed by atoms with Crippen LogP contribution in [0.4, 0.5) is 0 Å². The molecule has 18 heteroatoms. The first-order valence-corrected chi connectivity index (χ1v) is 27.4. The fourth-order valence-electron chi connectivity index (χ4n) is 11.0. The fourth-order valence-corrected chi connectivity index (χ4v) is 11.0. The molecule has 2 bridgehead atoms. The summed E-state index contributed by atoms with van der Waals surface area (Å²) < 4.78 is 29.8. The number of allylic oxidation sites excluding steroid dienone is 6. The van der Waals surface area contributed by atoms with Crippen molar-refractivity contribution in [3.63, 3.8) is 0 Å².